The maximum atomic E-state index is 12.7. The molecule has 3 rings (SSSR count). The molecule has 1 unspecified atom stereocenters. The number of nitrogens with zero attached hydrogens (tertiary/aromatic N) is 1. The number of hydrogen-bond acceptors (Lipinski definition) is 11. The summed E-state index contributed by atoms with van der Waals surface area (Å²) in [6.07, 6.45) is 10.5. The molecule has 3 aliphatic rings. The number of aliphatic hydroxyl groups is 2. The van der Waals surface area contributed by atoms with Crippen LogP contribution in [0.3, 0.4) is 0 Å². The number of esters is 2. The molecule has 2 N–H and O–H groups in total. The summed E-state index contributed by atoms with van der Waals surface area (Å²) in [4.78, 5) is 64.7. The molecule has 1 aliphatic heterocycles. The highest BCUT2D eigenvalue weighted by Gasteiger charge is 2.38. The van der Waals surface area contributed by atoms with Crippen LogP contribution in [0.2, 0.25) is 77.1 Å². The third-order valence-electron chi connectivity index (χ3n) is 9.84. The number of carbonyl (C=O) groups is 5. The zero-order chi connectivity index (χ0) is 42.1. The van der Waals surface area contributed by atoms with Crippen LogP contribution in [0.15, 0.2) is 24.3 Å². The number of aliphatic hydroxyl groups excluding tert-OH is 2. The summed E-state index contributed by atoms with van der Waals surface area (Å²) >= 11 is 0. The van der Waals surface area contributed by atoms with Crippen molar-refractivity contribution in [1.29, 1.82) is 0 Å². The van der Waals surface area contributed by atoms with E-state index < -0.39 is 65.2 Å². The maximum Gasteiger partial charge on any atom is 0.534 e. The molecule has 0 bridgehead atoms. The van der Waals surface area contributed by atoms with Crippen LogP contribution in [0.25, 0.3) is 0 Å². The number of carbonyl (C=O) groups excluding carboxylic acids is 5. The Morgan fingerprint density at radius 3 is 1.56 bits per heavy atom. The summed E-state index contributed by atoms with van der Waals surface area (Å²) in [5.41, 5.74) is -1.10. The minimum Gasteiger partial charge on any atom is -0.466 e. The van der Waals surface area contributed by atoms with Crippen molar-refractivity contribution >= 4 is 54.1 Å². The molecule has 0 aromatic heterocycles. The fourth-order valence-electron chi connectivity index (χ4n) is 5.64. The van der Waals surface area contributed by atoms with E-state index in [0.29, 0.717) is 63.4 Å². The Hall–Kier alpha value is -2.60. The van der Waals surface area contributed by atoms with Crippen LogP contribution < -0.4 is 0 Å². The number of hydrogen-bond donors (Lipinski definition) is 2. The fraction of sp³-hybridized carbons (Fsp3) is 0.775. The average Bonchev–Trinajstić information content (AvgIpc) is 3.35. The molecule has 0 aromatic rings. The minimum atomic E-state index is -1.28. The second-order valence-corrected chi connectivity index (χ2v) is 36.1. The van der Waals surface area contributed by atoms with Crippen molar-refractivity contribution < 1.29 is 53.2 Å². The molecule has 2 aliphatic carbocycles. The predicted octanol–water partition coefficient (Wildman–Crippen LogP) is 8.27. The number of rotatable bonds is 12. The summed E-state index contributed by atoms with van der Waals surface area (Å²) < 4.78 is 16.3. The Morgan fingerprint density at radius 1 is 0.709 bits per heavy atom. The lowest BCUT2D eigenvalue weighted by molar-refractivity contribution is -0.178. The largest absolute Gasteiger partial charge is 0.534 e. The zero-order valence-electron chi connectivity index (χ0n) is 35.8. The smallest absolute Gasteiger partial charge is 0.466 e. The van der Waals surface area contributed by atoms with E-state index in [4.69, 9.17) is 24.2 Å². The molecule has 0 saturated carbocycles. The molecule has 2 amide bonds. The lowest BCUT2D eigenvalue weighted by Gasteiger charge is -2.30. The monoisotopic (exact) mass is 827 g/mol. The lowest BCUT2D eigenvalue weighted by Crippen LogP contribution is -2.35. The van der Waals surface area contributed by atoms with Gasteiger partial charge in [-0.1, -0.05) is 82.2 Å². The van der Waals surface area contributed by atoms with Gasteiger partial charge in [0.15, 0.2) is 0 Å². The van der Waals surface area contributed by atoms with Crippen molar-refractivity contribution in [1.82, 2.24) is 5.06 Å². The molecular weight excluding hydrogens is 755 g/mol. The first-order chi connectivity index (χ1) is 25.3. The molecule has 1 heterocycles. The highest BCUT2D eigenvalue weighted by molar-refractivity contribution is 6.76. The number of imide groups is 1. The molecule has 12 nitrogen and oxygen atoms in total. The summed E-state index contributed by atoms with van der Waals surface area (Å²) in [6, 6.07) is 2.96. The van der Waals surface area contributed by atoms with Crippen molar-refractivity contribution in [2.24, 2.45) is 10.8 Å². The summed E-state index contributed by atoms with van der Waals surface area (Å²) in [7, 11) is -3.34. The van der Waals surface area contributed by atoms with Crippen LogP contribution in [0.4, 0.5) is 4.79 Å². The van der Waals surface area contributed by atoms with E-state index in [1.807, 2.05) is 32.1 Å². The van der Waals surface area contributed by atoms with Crippen LogP contribution in [0.1, 0.15) is 78.1 Å². The molecule has 4 atom stereocenters. The quantitative estimate of drug-likeness (QED) is 0.0639. The number of amides is 2. The second kappa shape index (κ2) is 23.0. The second-order valence-electron chi connectivity index (χ2n) is 19.2. The van der Waals surface area contributed by atoms with Gasteiger partial charge in [-0.2, -0.15) is 0 Å². The number of allylic oxidation sites excluding steroid dienone is 2. The Labute approximate surface area is 333 Å². The molecule has 1 fully saturated rings. The average molecular weight is 828 g/mol. The van der Waals surface area contributed by atoms with E-state index in [1.54, 1.807) is 6.08 Å². The topological polar surface area (TPSA) is 166 Å². The van der Waals surface area contributed by atoms with Crippen molar-refractivity contribution in [2.75, 3.05) is 19.8 Å². The van der Waals surface area contributed by atoms with Crippen molar-refractivity contribution in [3.8, 4) is 0 Å². The maximum absolute atomic E-state index is 12.7. The van der Waals surface area contributed by atoms with Crippen molar-refractivity contribution in [3.05, 3.63) is 24.3 Å². The lowest BCUT2D eigenvalue weighted by atomic mass is 9.79. The molecule has 55 heavy (non-hydrogen) atoms. The van der Waals surface area contributed by atoms with Gasteiger partial charge in [0, 0.05) is 43.7 Å². The highest BCUT2D eigenvalue weighted by atomic mass is 28.3. The van der Waals surface area contributed by atoms with Gasteiger partial charge in [0.25, 0.3) is 11.8 Å². The molecule has 0 spiro atoms. The van der Waals surface area contributed by atoms with Gasteiger partial charge in [0.2, 0.25) is 0 Å². The molecule has 1 saturated heterocycles. The van der Waals surface area contributed by atoms with E-state index in [0.717, 1.165) is 31.0 Å². The first kappa shape index (κ1) is 50.4. The van der Waals surface area contributed by atoms with Gasteiger partial charge in [0.05, 0.1) is 30.1 Å². The Bertz CT molecular complexity index is 1300. The van der Waals surface area contributed by atoms with Crippen molar-refractivity contribution in [3.63, 3.8) is 0 Å². The van der Waals surface area contributed by atoms with Crippen LogP contribution in [-0.2, 0) is 38.2 Å². The first-order valence-electron chi connectivity index (χ1n) is 20.0. The van der Waals surface area contributed by atoms with Crippen LogP contribution in [0.5, 0.6) is 0 Å². The van der Waals surface area contributed by atoms with E-state index in [-0.39, 0.29) is 24.8 Å². The summed E-state index contributed by atoms with van der Waals surface area (Å²) in [5, 5.41) is 18.6. The zero-order valence-corrected chi connectivity index (χ0v) is 38.8. The van der Waals surface area contributed by atoms with Gasteiger partial charge < -0.3 is 24.4 Å². The molecule has 0 radical (unpaired) electrons. The summed E-state index contributed by atoms with van der Waals surface area (Å²) in [5.74, 6) is -1.43. The van der Waals surface area contributed by atoms with Gasteiger partial charge in [0.1, 0.15) is 6.10 Å². The van der Waals surface area contributed by atoms with Crippen LogP contribution in [0, 0.1) is 10.8 Å². The molecule has 15 heteroatoms. The van der Waals surface area contributed by atoms with Gasteiger partial charge in [-0.3, -0.25) is 24.0 Å². The Balaban J connectivity index is 0.000000497. The van der Waals surface area contributed by atoms with Crippen LogP contribution in [-0.4, -0.2) is 101 Å². The van der Waals surface area contributed by atoms with E-state index in [1.165, 1.54) is 0 Å². The van der Waals surface area contributed by atoms with Gasteiger partial charge in [-0.25, -0.2) is 4.79 Å². The van der Waals surface area contributed by atoms with E-state index >= 15 is 0 Å². The SMILES string of the molecule is C[C@@]1(C(=O)OCC[Si](C)(C)C)CC/C=C/C(O)CC1.C[C@@]1(C(=O)OCC[Si](C)(C)C)CC/C=C/[C@H](OC(=O)ON2C(=O)CCC2=O)CC1.C[Si](C)(C)CCO. The van der Waals surface area contributed by atoms with E-state index in [2.05, 4.69) is 58.9 Å². The first-order valence-corrected chi connectivity index (χ1v) is 31.1. The third-order valence-corrected chi connectivity index (χ3v) is 15.0. The van der Waals surface area contributed by atoms with Gasteiger partial charge >= 0.3 is 18.1 Å². The van der Waals surface area contributed by atoms with Gasteiger partial charge in [-0.05, 0) is 89.4 Å². The molecular formula is C40H73NO11Si3. The minimum absolute atomic E-state index is 0.0214. The Morgan fingerprint density at radius 2 is 1.15 bits per heavy atom. The van der Waals surface area contributed by atoms with Crippen LogP contribution >= 0.6 is 0 Å². The van der Waals surface area contributed by atoms with Crippen molar-refractivity contribution in [2.45, 2.75) is 167 Å². The fourth-order valence-corrected chi connectivity index (χ4v) is 7.74. The number of ether oxygens (including phenoxy) is 3. The molecule has 316 valence electrons. The Kier molecular flexibility index (Phi) is 21.1. The summed E-state index contributed by atoms with van der Waals surface area (Å²) in [6.45, 7) is 25.5. The number of hydroxylamine groups is 2. The third kappa shape index (κ3) is 21.5. The normalized spacial score (nSPS) is 25.9. The highest BCUT2D eigenvalue weighted by Crippen LogP contribution is 2.35. The van der Waals surface area contributed by atoms with Gasteiger partial charge in [-0.15, -0.1) is 0 Å². The predicted molar refractivity (Wildman–Crippen MR) is 223 cm³/mol. The standard InChI is InChI=1S/C20H31NO7Si.C15H28O3Si.C5H14OSi/c1-20(18(24)26-13-14-29(2,3)4)11-6-5-7-15(10-12-20)27-19(25)28-21-16(22)8-9-17(21)23;1-15(9-6-5-7-13(16)8-10-15)14(17)18-11-12-19(2,3)4;1-7(2,3)5-4-6/h5,7,15H,6,8-14H2,1-4H3;5,7,13,16H,6,8-12H2,1-4H3;6H,4-5H2,1-3H3/b2*7-5+;/t15-,20+;13?,15-;/m01./s1. The van der Waals surface area contributed by atoms with E-state index in [9.17, 15) is 29.1 Å². The molecule has 0 aromatic carbocycles.